The first-order chi connectivity index (χ1) is 20.9. The van der Waals surface area contributed by atoms with Crippen molar-refractivity contribution < 1.29 is 24.2 Å². The highest BCUT2D eigenvalue weighted by Gasteiger charge is 2.78. The lowest BCUT2D eigenvalue weighted by Crippen LogP contribution is -2.53. The lowest BCUT2D eigenvalue weighted by Gasteiger charge is -2.34. The van der Waals surface area contributed by atoms with Crippen molar-refractivity contribution in [3.05, 3.63) is 78.4 Å². The van der Waals surface area contributed by atoms with Crippen LogP contribution in [0.2, 0.25) is 0 Å². The Morgan fingerprint density at radius 2 is 1.67 bits per heavy atom. The first kappa shape index (κ1) is 29.3. The molecular formula is C35H41N3O5. The monoisotopic (exact) mass is 583 g/mol. The van der Waals surface area contributed by atoms with Crippen LogP contribution in [0.5, 0.6) is 0 Å². The van der Waals surface area contributed by atoms with E-state index < -0.39 is 29.1 Å². The molecule has 0 aliphatic carbocycles. The van der Waals surface area contributed by atoms with Crippen LogP contribution >= 0.6 is 0 Å². The molecule has 0 aromatic heterocycles. The molecule has 1 spiro atoms. The first-order valence-electron chi connectivity index (χ1n) is 15.7. The number of nitrogens with one attached hydrogen (secondary N) is 2. The Bertz CT molecular complexity index is 1500. The first-order valence-corrected chi connectivity index (χ1v) is 15.7. The van der Waals surface area contributed by atoms with Crippen LogP contribution in [0.4, 0.5) is 5.69 Å². The van der Waals surface area contributed by atoms with Gasteiger partial charge in [0.05, 0.1) is 17.4 Å². The van der Waals surface area contributed by atoms with Gasteiger partial charge in [-0.15, -0.1) is 0 Å². The summed E-state index contributed by atoms with van der Waals surface area (Å²) in [6.07, 6.45) is 4.86. The smallest absolute Gasteiger partial charge is 0.250 e. The maximum atomic E-state index is 14.3. The predicted octanol–water partition coefficient (Wildman–Crippen LogP) is 4.80. The highest BCUT2D eigenvalue weighted by Crippen LogP contribution is 2.64. The number of aliphatic hydroxyl groups excluding tert-OH is 1. The second kappa shape index (κ2) is 12.1. The van der Waals surface area contributed by atoms with Gasteiger partial charge in [0.25, 0.3) is 0 Å². The fraction of sp³-hybridized carbons (Fsp3) is 0.457. The molecule has 3 aromatic carbocycles. The Morgan fingerprint density at radius 3 is 2.44 bits per heavy atom. The van der Waals surface area contributed by atoms with Gasteiger partial charge >= 0.3 is 0 Å². The summed E-state index contributed by atoms with van der Waals surface area (Å²) in [5, 5.41) is 17.5. The Kier molecular flexibility index (Phi) is 8.25. The van der Waals surface area contributed by atoms with E-state index in [1.165, 1.54) is 0 Å². The van der Waals surface area contributed by atoms with Crippen molar-refractivity contribution in [1.82, 2.24) is 10.2 Å². The average Bonchev–Trinajstić information content (AvgIpc) is 3.63. The molecule has 2 bridgehead atoms. The number of unbranched alkanes of at least 4 members (excludes halogenated alkanes) is 3. The van der Waals surface area contributed by atoms with E-state index in [1.54, 1.807) is 4.90 Å². The average molecular weight is 584 g/mol. The van der Waals surface area contributed by atoms with Gasteiger partial charge in [-0.05, 0) is 60.6 Å². The molecule has 0 saturated carbocycles. The summed E-state index contributed by atoms with van der Waals surface area (Å²) in [5.74, 6) is -2.03. The third kappa shape index (κ3) is 5.21. The quantitative estimate of drug-likeness (QED) is 0.266. The number of benzene rings is 3. The van der Waals surface area contributed by atoms with Gasteiger partial charge in [-0.3, -0.25) is 14.4 Å². The van der Waals surface area contributed by atoms with Crippen molar-refractivity contribution >= 4 is 34.2 Å². The lowest BCUT2D eigenvalue weighted by atomic mass is 9.65. The van der Waals surface area contributed by atoms with Crippen LogP contribution in [0, 0.1) is 11.8 Å². The van der Waals surface area contributed by atoms with Gasteiger partial charge in [0.15, 0.2) is 0 Å². The third-order valence-corrected chi connectivity index (χ3v) is 9.85. The van der Waals surface area contributed by atoms with E-state index in [0.717, 1.165) is 29.2 Å². The molecule has 5 atom stereocenters. The van der Waals surface area contributed by atoms with Gasteiger partial charge in [-0.2, -0.15) is 0 Å². The zero-order chi connectivity index (χ0) is 30.0. The van der Waals surface area contributed by atoms with Crippen molar-refractivity contribution in [2.45, 2.75) is 75.7 Å². The van der Waals surface area contributed by atoms with Crippen molar-refractivity contribution in [2.75, 3.05) is 18.5 Å². The van der Waals surface area contributed by atoms with Crippen LogP contribution < -0.4 is 10.6 Å². The van der Waals surface area contributed by atoms with Crippen molar-refractivity contribution in [3.63, 3.8) is 0 Å². The van der Waals surface area contributed by atoms with E-state index in [4.69, 9.17) is 4.74 Å². The van der Waals surface area contributed by atoms with Gasteiger partial charge in [0.1, 0.15) is 11.6 Å². The molecule has 43 heavy (non-hydrogen) atoms. The molecule has 3 aliphatic heterocycles. The Hall–Kier alpha value is -3.75. The third-order valence-electron chi connectivity index (χ3n) is 9.85. The van der Waals surface area contributed by atoms with E-state index >= 15 is 0 Å². The highest BCUT2D eigenvalue weighted by atomic mass is 16.5. The fourth-order valence-electron chi connectivity index (χ4n) is 7.78. The number of nitrogens with zero attached hydrogens (tertiary/aromatic N) is 1. The second-order valence-corrected chi connectivity index (χ2v) is 12.3. The molecule has 3 saturated heterocycles. The summed E-state index contributed by atoms with van der Waals surface area (Å²) in [7, 11) is 0. The zero-order valence-electron chi connectivity index (χ0n) is 24.8. The number of likely N-dealkylation sites (tertiary alicyclic amines) is 1. The molecule has 3 heterocycles. The van der Waals surface area contributed by atoms with Crippen molar-refractivity contribution in [3.8, 4) is 0 Å². The molecule has 8 heteroatoms. The number of anilines is 1. The molecular weight excluding hydrogens is 542 g/mol. The standard InChI is InChI=1S/C35H41N3O5/c1-2-34-18-19-35(43-34)29(28(34)31(40)36-23-24-12-6-5-7-13-24)33(42)38(20-10-3-4-11-21-39)30(35)32(41)37-27-17-16-25-14-8-9-15-26(25)22-27/h5-9,12-17,22,28-30,39H,2-4,10-11,18-21,23H2,1H3,(H,36,40)(H,37,41)/t28-,29-,30?,34+,35?/m0/s1. The van der Waals surface area contributed by atoms with E-state index in [2.05, 4.69) is 10.6 Å². The lowest BCUT2D eigenvalue weighted by molar-refractivity contribution is -0.146. The summed E-state index contributed by atoms with van der Waals surface area (Å²) < 4.78 is 6.88. The predicted molar refractivity (Wildman–Crippen MR) is 165 cm³/mol. The van der Waals surface area contributed by atoms with Gasteiger partial charge in [0.2, 0.25) is 17.7 Å². The van der Waals surface area contributed by atoms with Gasteiger partial charge < -0.3 is 25.4 Å². The molecule has 6 rings (SSSR count). The molecule has 3 N–H and O–H groups in total. The summed E-state index contributed by atoms with van der Waals surface area (Å²) >= 11 is 0. The van der Waals surface area contributed by atoms with Gasteiger partial charge in [-0.25, -0.2) is 0 Å². The minimum Gasteiger partial charge on any atom is -0.396 e. The molecule has 3 aromatic rings. The molecule has 8 nitrogen and oxygen atoms in total. The normalized spacial score (nSPS) is 27.4. The summed E-state index contributed by atoms with van der Waals surface area (Å²) in [5.41, 5.74) is -0.201. The number of ether oxygens (including phenoxy) is 1. The molecule has 3 amide bonds. The van der Waals surface area contributed by atoms with Gasteiger partial charge in [0, 0.05) is 25.4 Å². The van der Waals surface area contributed by atoms with Crippen LogP contribution in [0.15, 0.2) is 72.8 Å². The van der Waals surface area contributed by atoms with Crippen molar-refractivity contribution in [2.24, 2.45) is 11.8 Å². The Balaban J connectivity index is 1.30. The van der Waals surface area contributed by atoms with Crippen molar-refractivity contribution in [1.29, 1.82) is 0 Å². The van der Waals surface area contributed by atoms with Crippen LogP contribution in [0.1, 0.15) is 57.4 Å². The van der Waals surface area contributed by atoms with Crippen LogP contribution in [0.25, 0.3) is 10.8 Å². The maximum absolute atomic E-state index is 14.3. The number of rotatable bonds is 12. The summed E-state index contributed by atoms with van der Waals surface area (Å²) in [6, 6.07) is 22.6. The highest BCUT2D eigenvalue weighted by molar-refractivity contribution is 6.04. The zero-order valence-corrected chi connectivity index (χ0v) is 24.8. The Labute approximate surface area is 252 Å². The Morgan fingerprint density at radius 1 is 0.930 bits per heavy atom. The number of aliphatic hydroxyl groups is 1. The molecule has 3 fully saturated rings. The largest absolute Gasteiger partial charge is 0.396 e. The number of hydrogen-bond donors (Lipinski definition) is 3. The fourth-order valence-corrected chi connectivity index (χ4v) is 7.78. The number of fused-ring (bicyclic) bond motifs is 2. The minimum absolute atomic E-state index is 0.136. The minimum atomic E-state index is -1.06. The number of hydrogen-bond acceptors (Lipinski definition) is 5. The van der Waals surface area contributed by atoms with E-state index in [-0.39, 0.29) is 24.3 Å². The molecule has 226 valence electrons. The van der Waals surface area contributed by atoms with E-state index in [9.17, 15) is 19.5 Å². The van der Waals surface area contributed by atoms with Crippen LogP contribution in [-0.4, -0.2) is 58.1 Å². The SMILES string of the molecule is CC[C@]12CCC3(O1)C(C(=O)Nc1ccc4ccccc4c1)N(CCCCCCO)C(=O)[C@@H]3[C@H]2C(=O)NCc1ccccc1. The van der Waals surface area contributed by atoms with E-state index in [1.807, 2.05) is 79.7 Å². The number of amides is 3. The molecule has 3 aliphatic rings. The summed E-state index contributed by atoms with van der Waals surface area (Å²) in [6.45, 7) is 2.91. The number of carbonyl (C=O) groups excluding carboxylic acids is 3. The number of carbonyl (C=O) groups is 3. The van der Waals surface area contributed by atoms with E-state index in [0.29, 0.717) is 50.9 Å². The maximum Gasteiger partial charge on any atom is 0.250 e. The van der Waals surface area contributed by atoms with Gasteiger partial charge in [-0.1, -0.05) is 80.4 Å². The molecule has 0 radical (unpaired) electrons. The topological polar surface area (TPSA) is 108 Å². The van der Waals surface area contributed by atoms with Crippen LogP contribution in [-0.2, 0) is 25.7 Å². The summed E-state index contributed by atoms with van der Waals surface area (Å²) in [4.78, 5) is 44.1. The second-order valence-electron chi connectivity index (χ2n) is 12.3. The molecule has 2 unspecified atom stereocenters. The van der Waals surface area contributed by atoms with Crippen LogP contribution in [0.3, 0.4) is 0 Å².